The van der Waals surface area contributed by atoms with E-state index < -0.39 is 0 Å². The second-order valence-electron chi connectivity index (χ2n) is 6.73. The van der Waals surface area contributed by atoms with Gasteiger partial charge in [0.15, 0.2) is 5.69 Å². The summed E-state index contributed by atoms with van der Waals surface area (Å²) >= 11 is 0. The molecule has 0 atom stereocenters. The average Bonchev–Trinajstić information content (AvgIpc) is 2.96. The molecule has 5 heteroatoms. The van der Waals surface area contributed by atoms with Crippen LogP contribution in [0.4, 0.5) is 0 Å². The quantitative estimate of drug-likeness (QED) is 0.763. The van der Waals surface area contributed by atoms with Crippen molar-refractivity contribution in [2.45, 2.75) is 32.6 Å². The van der Waals surface area contributed by atoms with Gasteiger partial charge in [0.25, 0.3) is 0 Å². The van der Waals surface area contributed by atoms with Gasteiger partial charge in [-0.3, -0.25) is 4.68 Å². The van der Waals surface area contributed by atoms with E-state index in [-0.39, 0.29) is 5.97 Å². The molecule has 5 nitrogen and oxygen atoms in total. The second-order valence-corrected chi connectivity index (χ2v) is 6.73. The summed E-state index contributed by atoms with van der Waals surface area (Å²) < 4.78 is 7.31. The number of likely N-dealkylation sites (tertiary alicyclic amines) is 1. The zero-order chi connectivity index (χ0) is 16.9. The van der Waals surface area contributed by atoms with Gasteiger partial charge in [-0.05, 0) is 50.9 Å². The molecule has 1 aliphatic rings. The molecule has 0 aliphatic carbocycles. The van der Waals surface area contributed by atoms with Gasteiger partial charge in [0.1, 0.15) is 0 Å². The van der Waals surface area contributed by atoms with E-state index in [9.17, 15) is 4.79 Å². The highest BCUT2D eigenvalue weighted by Crippen LogP contribution is 2.21. The number of aryl methyl sites for hydroxylation is 1. The fourth-order valence-corrected chi connectivity index (χ4v) is 3.38. The predicted molar refractivity (Wildman–Crippen MR) is 95.1 cm³/mol. The molecule has 0 amide bonds. The molecule has 1 fully saturated rings. The zero-order valence-corrected chi connectivity index (χ0v) is 14.7. The molecule has 2 aromatic rings. The number of para-hydroxylation sites is 1. The lowest BCUT2D eigenvalue weighted by atomic mass is 9.97. The fraction of sp³-hybridized carbons (Fsp3) is 0.579. The SMILES string of the molecule is CCCCN1CCC(COC(=O)c2nn(C)c3ccccc23)CC1. The Morgan fingerprint density at radius 3 is 2.79 bits per heavy atom. The third-order valence-corrected chi connectivity index (χ3v) is 4.94. The molecule has 24 heavy (non-hydrogen) atoms. The van der Waals surface area contributed by atoms with Crippen LogP contribution in [0.25, 0.3) is 10.9 Å². The van der Waals surface area contributed by atoms with Crippen LogP contribution in [-0.4, -0.2) is 46.9 Å². The van der Waals surface area contributed by atoms with Crippen LogP contribution in [0.3, 0.4) is 0 Å². The lowest BCUT2D eigenvalue weighted by Gasteiger charge is -2.31. The molecule has 0 spiro atoms. The minimum Gasteiger partial charge on any atom is -0.461 e. The number of aromatic nitrogens is 2. The Morgan fingerprint density at radius 2 is 2.04 bits per heavy atom. The number of unbranched alkanes of at least 4 members (excludes halogenated alkanes) is 1. The highest BCUT2D eigenvalue weighted by atomic mass is 16.5. The number of carbonyl (C=O) groups is 1. The molecule has 1 aromatic heterocycles. The van der Waals surface area contributed by atoms with Crippen LogP contribution in [0.2, 0.25) is 0 Å². The van der Waals surface area contributed by atoms with E-state index in [1.54, 1.807) is 4.68 Å². The largest absolute Gasteiger partial charge is 0.461 e. The minimum atomic E-state index is -0.305. The van der Waals surface area contributed by atoms with Crippen molar-refractivity contribution in [3.05, 3.63) is 30.0 Å². The molecule has 0 saturated carbocycles. The number of carbonyl (C=O) groups excluding carboxylic acids is 1. The molecule has 130 valence electrons. The first-order valence-electron chi connectivity index (χ1n) is 9.00. The van der Waals surface area contributed by atoms with E-state index in [4.69, 9.17) is 4.74 Å². The van der Waals surface area contributed by atoms with Crippen LogP contribution >= 0.6 is 0 Å². The van der Waals surface area contributed by atoms with Crippen molar-refractivity contribution < 1.29 is 9.53 Å². The molecule has 0 N–H and O–H groups in total. The standard InChI is InChI=1S/C19H27N3O2/c1-3-4-11-22-12-9-15(10-13-22)14-24-19(23)18-16-7-5-6-8-17(16)21(2)20-18/h5-8,15H,3-4,9-14H2,1-2H3. The van der Waals surface area contributed by atoms with E-state index in [2.05, 4.69) is 16.9 Å². The molecule has 0 unspecified atom stereocenters. The van der Waals surface area contributed by atoms with E-state index >= 15 is 0 Å². The molecule has 0 bridgehead atoms. The van der Waals surface area contributed by atoms with Gasteiger partial charge >= 0.3 is 5.97 Å². The van der Waals surface area contributed by atoms with Crippen LogP contribution < -0.4 is 0 Å². The molecule has 1 aromatic carbocycles. The lowest BCUT2D eigenvalue weighted by molar-refractivity contribution is 0.0367. The van der Waals surface area contributed by atoms with Gasteiger partial charge in [-0.1, -0.05) is 31.5 Å². The Balaban J connectivity index is 1.53. The third kappa shape index (κ3) is 3.78. The number of benzene rings is 1. The average molecular weight is 329 g/mol. The normalized spacial score (nSPS) is 16.6. The molecule has 2 heterocycles. The topological polar surface area (TPSA) is 47.4 Å². The second kappa shape index (κ2) is 7.79. The van der Waals surface area contributed by atoms with E-state index in [1.807, 2.05) is 31.3 Å². The van der Waals surface area contributed by atoms with E-state index in [0.29, 0.717) is 18.2 Å². The minimum absolute atomic E-state index is 0.305. The Morgan fingerprint density at radius 1 is 1.29 bits per heavy atom. The number of hydrogen-bond donors (Lipinski definition) is 0. The van der Waals surface area contributed by atoms with E-state index in [0.717, 1.165) is 36.8 Å². The van der Waals surface area contributed by atoms with Crippen LogP contribution in [0.15, 0.2) is 24.3 Å². The molecule has 0 radical (unpaired) electrons. The summed E-state index contributed by atoms with van der Waals surface area (Å²) in [5, 5.41) is 5.19. The number of nitrogens with zero attached hydrogens (tertiary/aromatic N) is 3. The van der Waals surface area contributed by atoms with Crippen LogP contribution in [0.5, 0.6) is 0 Å². The van der Waals surface area contributed by atoms with Crippen LogP contribution in [0.1, 0.15) is 43.1 Å². The van der Waals surface area contributed by atoms with Gasteiger partial charge in [0, 0.05) is 12.4 Å². The highest BCUT2D eigenvalue weighted by molar-refractivity contribution is 6.02. The summed E-state index contributed by atoms with van der Waals surface area (Å²) in [5.41, 5.74) is 1.38. The van der Waals surface area contributed by atoms with Crippen molar-refractivity contribution in [2.75, 3.05) is 26.2 Å². The van der Waals surface area contributed by atoms with Crippen LogP contribution in [0, 0.1) is 5.92 Å². The summed E-state index contributed by atoms with van der Waals surface area (Å²) in [6.07, 6.45) is 4.74. The first kappa shape index (κ1) is 17.0. The van der Waals surface area contributed by atoms with Crippen molar-refractivity contribution in [1.29, 1.82) is 0 Å². The number of fused-ring (bicyclic) bond motifs is 1. The third-order valence-electron chi connectivity index (χ3n) is 4.94. The first-order chi connectivity index (χ1) is 11.7. The summed E-state index contributed by atoms with van der Waals surface area (Å²) in [7, 11) is 1.85. The van der Waals surface area contributed by atoms with Gasteiger partial charge < -0.3 is 9.64 Å². The van der Waals surface area contributed by atoms with Gasteiger partial charge in [-0.2, -0.15) is 5.10 Å². The highest BCUT2D eigenvalue weighted by Gasteiger charge is 2.22. The molecular weight excluding hydrogens is 302 g/mol. The van der Waals surface area contributed by atoms with Gasteiger partial charge in [0.2, 0.25) is 0 Å². The van der Waals surface area contributed by atoms with Crippen molar-refractivity contribution >= 4 is 16.9 Å². The Hall–Kier alpha value is -1.88. The molecule has 1 saturated heterocycles. The molecule has 1 aliphatic heterocycles. The summed E-state index contributed by atoms with van der Waals surface area (Å²) in [5.74, 6) is 0.169. The van der Waals surface area contributed by atoms with Gasteiger partial charge in [0.05, 0.1) is 12.1 Å². The summed E-state index contributed by atoms with van der Waals surface area (Å²) in [4.78, 5) is 14.9. The maximum Gasteiger partial charge on any atom is 0.359 e. The first-order valence-corrected chi connectivity index (χ1v) is 9.00. The Bertz CT molecular complexity index is 687. The maximum absolute atomic E-state index is 12.4. The van der Waals surface area contributed by atoms with Gasteiger partial charge in [-0.15, -0.1) is 0 Å². The van der Waals surface area contributed by atoms with Crippen molar-refractivity contribution in [1.82, 2.24) is 14.7 Å². The zero-order valence-electron chi connectivity index (χ0n) is 14.7. The number of piperidine rings is 1. The predicted octanol–water partition coefficient (Wildman–Crippen LogP) is 3.24. The summed E-state index contributed by atoms with van der Waals surface area (Å²) in [6.45, 7) is 6.17. The maximum atomic E-state index is 12.4. The fourth-order valence-electron chi connectivity index (χ4n) is 3.38. The molecular formula is C19H27N3O2. The number of rotatable bonds is 6. The Kier molecular flexibility index (Phi) is 5.51. The lowest BCUT2D eigenvalue weighted by Crippen LogP contribution is -2.36. The number of ether oxygens (including phenoxy) is 1. The van der Waals surface area contributed by atoms with Crippen molar-refractivity contribution in [3.8, 4) is 0 Å². The number of esters is 1. The van der Waals surface area contributed by atoms with Crippen LogP contribution in [-0.2, 0) is 11.8 Å². The Labute approximate surface area is 143 Å². The summed E-state index contributed by atoms with van der Waals surface area (Å²) in [6, 6.07) is 7.76. The smallest absolute Gasteiger partial charge is 0.359 e. The van der Waals surface area contributed by atoms with Crippen molar-refractivity contribution in [2.24, 2.45) is 13.0 Å². The molecule has 3 rings (SSSR count). The van der Waals surface area contributed by atoms with E-state index in [1.165, 1.54) is 19.4 Å². The number of hydrogen-bond acceptors (Lipinski definition) is 4. The van der Waals surface area contributed by atoms with Crippen molar-refractivity contribution in [3.63, 3.8) is 0 Å². The monoisotopic (exact) mass is 329 g/mol. The van der Waals surface area contributed by atoms with Gasteiger partial charge in [-0.25, -0.2) is 4.79 Å².